The predicted octanol–water partition coefficient (Wildman–Crippen LogP) is 0.508. The minimum absolute atomic E-state index is 0.0937. The number of halogens is 2. The van der Waals surface area contributed by atoms with Gasteiger partial charge in [-0.2, -0.15) is 0 Å². The largest absolute Gasteiger partial charge is 0.395 e. The van der Waals surface area contributed by atoms with E-state index in [2.05, 4.69) is 10.0 Å². The van der Waals surface area contributed by atoms with Crippen molar-refractivity contribution in [2.45, 2.75) is 0 Å². The molecule has 1 rings (SSSR count). The molecule has 1 aromatic rings. The molecule has 0 spiro atoms. The molecule has 0 aliphatic heterocycles. The Labute approximate surface area is 98.1 Å². The SMILES string of the molecule is CS(=O)(=O)NCCNc1cc(F)cc(F)c1N. The lowest BCUT2D eigenvalue weighted by Crippen LogP contribution is -2.27. The van der Waals surface area contributed by atoms with Crippen molar-refractivity contribution in [3.05, 3.63) is 23.8 Å². The molecule has 0 fully saturated rings. The fourth-order valence-corrected chi connectivity index (χ4v) is 1.64. The Morgan fingerprint density at radius 2 is 1.94 bits per heavy atom. The molecule has 0 amide bonds. The molecule has 0 aliphatic rings. The Morgan fingerprint density at radius 3 is 2.53 bits per heavy atom. The third kappa shape index (κ3) is 4.53. The average molecular weight is 265 g/mol. The Hall–Kier alpha value is -1.41. The van der Waals surface area contributed by atoms with E-state index in [-0.39, 0.29) is 24.5 Å². The van der Waals surface area contributed by atoms with Crippen LogP contribution >= 0.6 is 0 Å². The van der Waals surface area contributed by atoms with Gasteiger partial charge >= 0.3 is 0 Å². The van der Waals surface area contributed by atoms with Gasteiger partial charge in [0.2, 0.25) is 10.0 Å². The van der Waals surface area contributed by atoms with Gasteiger partial charge in [-0.15, -0.1) is 0 Å². The van der Waals surface area contributed by atoms with Gasteiger partial charge in [-0.1, -0.05) is 0 Å². The van der Waals surface area contributed by atoms with Crippen molar-refractivity contribution in [1.29, 1.82) is 0 Å². The topological polar surface area (TPSA) is 84.2 Å². The maximum atomic E-state index is 13.0. The molecule has 0 saturated carbocycles. The van der Waals surface area contributed by atoms with Crippen LogP contribution < -0.4 is 15.8 Å². The maximum Gasteiger partial charge on any atom is 0.208 e. The number of benzene rings is 1. The van der Waals surface area contributed by atoms with Crippen molar-refractivity contribution >= 4 is 21.4 Å². The van der Waals surface area contributed by atoms with Gasteiger partial charge in [0.25, 0.3) is 0 Å². The Morgan fingerprint density at radius 1 is 1.29 bits per heavy atom. The lowest BCUT2D eigenvalue weighted by molar-refractivity contribution is 0.585. The Bertz CT molecular complexity index is 505. The van der Waals surface area contributed by atoms with Crippen LogP contribution in [0, 0.1) is 11.6 Å². The van der Waals surface area contributed by atoms with Crippen LogP contribution in [0.5, 0.6) is 0 Å². The monoisotopic (exact) mass is 265 g/mol. The number of rotatable bonds is 5. The highest BCUT2D eigenvalue weighted by atomic mass is 32.2. The number of hydrogen-bond donors (Lipinski definition) is 3. The molecule has 17 heavy (non-hydrogen) atoms. The fraction of sp³-hybridized carbons (Fsp3) is 0.333. The highest BCUT2D eigenvalue weighted by Gasteiger charge is 2.07. The van der Waals surface area contributed by atoms with Gasteiger partial charge in [0, 0.05) is 19.2 Å². The van der Waals surface area contributed by atoms with Crippen LogP contribution in [0.25, 0.3) is 0 Å². The summed E-state index contributed by atoms with van der Waals surface area (Å²) >= 11 is 0. The first kappa shape index (κ1) is 13.7. The second-order valence-electron chi connectivity index (χ2n) is 3.44. The molecule has 0 unspecified atom stereocenters. The van der Waals surface area contributed by atoms with Crippen LogP contribution in [0.15, 0.2) is 12.1 Å². The average Bonchev–Trinajstić information content (AvgIpc) is 2.18. The summed E-state index contributed by atoms with van der Waals surface area (Å²) in [6, 6.07) is 1.72. The van der Waals surface area contributed by atoms with Gasteiger partial charge in [0.05, 0.1) is 17.6 Å². The summed E-state index contributed by atoms with van der Waals surface area (Å²) in [4.78, 5) is 0. The molecule has 8 heteroatoms. The molecular formula is C9H13F2N3O2S. The minimum atomic E-state index is -3.27. The normalized spacial score (nSPS) is 11.5. The number of hydrogen-bond acceptors (Lipinski definition) is 4. The second-order valence-corrected chi connectivity index (χ2v) is 5.28. The molecule has 4 N–H and O–H groups in total. The second kappa shape index (κ2) is 5.28. The first-order valence-electron chi connectivity index (χ1n) is 4.72. The van der Waals surface area contributed by atoms with Crippen molar-refractivity contribution in [3.63, 3.8) is 0 Å². The maximum absolute atomic E-state index is 13.0. The lowest BCUT2D eigenvalue weighted by Gasteiger charge is -2.10. The zero-order valence-corrected chi connectivity index (χ0v) is 9.94. The summed E-state index contributed by atoms with van der Waals surface area (Å²) in [5.74, 6) is -1.61. The van der Waals surface area contributed by atoms with Gasteiger partial charge < -0.3 is 11.1 Å². The van der Waals surface area contributed by atoms with Crippen LogP contribution in [0.2, 0.25) is 0 Å². The van der Waals surface area contributed by atoms with Crippen LogP contribution in [-0.4, -0.2) is 27.8 Å². The highest BCUT2D eigenvalue weighted by molar-refractivity contribution is 7.88. The van der Waals surface area contributed by atoms with E-state index in [9.17, 15) is 17.2 Å². The third-order valence-electron chi connectivity index (χ3n) is 1.90. The molecule has 0 heterocycles. The Balaban J connectivity index is 2.58. The third-order valence-corrected chi connectivity index (χ3v) is 2.63. The van der Waals surface area contributed by atoms with Gasteiger partial charge in [-0.05, 0) is 6.07 Å². The number of sulfonamides is 1. The van der Waals surface area contributed by atoms with E-state index in [4.69, 9.17) is 5.73 Å². The van der Waals surface area contributed by atoms with E-state index in [0.29, 0.717) is 6.07 Å². The number of nitrogen functional groups attached to an aromatic ring is 1. The minimum Gasteiger partial charge on any atom is -0.395 e. The van der Waals surface area contributed by atoms with E-state index in [1.165, 1.54) is 0 Å². The van der Waals surface area contributed by atoms with E-state index in [0.717, 1.165) is 12.3 Å². The molecule has 0 aliphatic carbocycles. The van der Waals surface area contributed by atoms with Crippen LogP contribution in [-0.2, 0) is 10.0 Å². The molecular weight excluding hydrogens is 252 g/mol. The van der Waals surface area contributed by atoms with Crippen LogP contribution in [0.3, 0.4) is 0 Å². The Kier molecular flexibility index (Phi) is 4.24. The van der Waals surface area contributed by atoms with Gasteiger partial charge in [0.1, 0.15) is 5.82 Å². The number of nitrogens with one attached hydrogen (secondary N) is 2. The molecule has 0 aromatic heterocycles. The van der Waals surface area contributed by atoms with Gasteiger partial charge in [-0.25, -0.2) is 21.9 Å². The summed E-state index contributed by atoms with van der Waals surface area (Å²) in [7, 11) is -3.27. The van der Waals surface area contributed by atoms with Crippen molar-refractivity contribution in [2.75, 3.05) is 30.4 Å². The number of nitrogens with two attached hydrogens (primary N) is 1. The van der Waals surface area contributed by atoms with Gasteiger partial charge in [-0.3, -0.25) is 0 Å². The van der Waals surface area contributed by atoms with Crippen molar-refractivity contribution in [1.82, 2.24) is 4.72 Å². The molecule has 1 aromatic carbocycles. The van der Waals surface area contributed by atoms with E-state index in [1.807, 2.05) is 0 Å². The molecule has 0 bridgehead atoms. The van der Waals surface area contributed by atoms with Crippen molar-refractivity contribution in [3.8, 4) is 0 Å². The number of anilines is 2. The quantitative estimate of drug-likeness (QED) is 0.535. The fourth-order valence-electron chi connectivity index (χ4n) is 1.16. The van der Waals surface area contributed by atoms with Gasteiger partial charge in [0.15, 0.2) is 5.82 Å². The van der Waals surface area contributed by atoms with Crippen LogP contribution in [0.4, 0.5) is 20.2 Å². The smallest absolute Gasteiger partial charge is 0.208 e. The molecule has 0 saturated heterocycles. The molecule has 96 valence electrons. The summed E-state index contributed by atoms with van der Waals surface area (Å²) in [6.45, 7) is 0.260. The van der Waals surface area contributed by atoms with Crippen molar-refractivity contribution in [2.24, 2.45) is 0 Å². The highest BCUT2D eigenvalue weighted by Crippen LogP contribution is 2.22. The molecule has 5 nitrogen and oxygen atoms in total. The predicted molar refractivity (Wildman–Crippen MR) is 62.1 cm³/mol. The van der Waals surface area contributed by atoms with Crippen LogP contribution in [0.1, 0.15) is 0 Å². The lowest BCUT2D eigenvalue weighted by atomic mass is 10.2. The zero-order valence-electron chi connectivity index (χ0n) is 9.13. The summed E-state index contributed by atoms with van der Waals surface area (Å²) in [5.41, 5.74) is 5.27. The summed E-state index contributed by atoms with van der Waals surface area (Å²) < 4.78 is 49.6. The van der Waals surface area contributed by atoms with E-state index in [1.54, 1.807) is 0 Å². The first-order valence-corrected chi connectivity index (χ1v) is 6.62. The summed E-state index contributed by atoms with van der Waals surface area (Å²) in [6.07, 6.45) is 1.02. The molecule has 0 atom stereocenters. The summed E-state index contributed by atoms with van der Waals surface area (Å²) in [5, 5.41) is 2.64. The zero-order chi connectivity index (χ0) is 13.1. The van der Waals surface area contributed by atoms with Crippen molar-refractivity contribution < 1.29 is 17.2 Å². The van der Waals surface area contributed by atoms with E-state index >= 15 is 0 Å². The van der Waals surface area contributed by atoms with E-state index < -0.39 is 21.7 Å². The molecule has 0 radical (unpaired) electrons. The first-order chi connectivity index (χ1) is 7.79. The standard InChI is InChI=1S/C9H13F2N3O2S/c1-17(15,16)14-3-2-13-8-5-6(10)4-7(11)9(8)12/h4-5,13-14H,2-3,12H2,1H3.